The Morgan fingerprint density at radius 3 is 2.93 bits per heavy atom. The lowest BCUT2D eigenvalue weighted by Crippen LogP contribution is -2.11. The van der Waals surface area contributed by atoms with E-state index in [1.54, 1.807) is 7.05 Å². The number of nitrogens with zero attached hydrogens (tertiary/aromatic N) is 2. The smallest absolute Gasteiger partial charge is 0.262 e. The molecule has 74 valence electrons. The fraction of sp³-hybridized carbons (Fsp3) is 0.333. The topological polar surface area (TPSA) is 62.7 Å². The number of hydrogen-bond acceptors (Lipinski definition) is 3. The second kappa shape index (κ2) is 2.87. The molecule has 2 aromatic heterocycles. The Balaban J connectivity index is 2.93. The standard InChI is InChI=1S/C9H12N4O/c1-5-4-13(3)7-6(5)8(14)12-9(10-2)11-7/h4H,1-3H3,(H2,10,11,12,14). The van der Waals surface area contributed by atoms with Crippen LogP contribution >= 0.6 is 0 Å². The van der Waals surface area contributed by atoms with Gasteiger partial charge in [-0.25, -0.2) is 0 Å². The first-order chi connectivity index (χ1) is 6.63. The maximum Gasteiger partial charge on any atom is 0.262 e. The Hall–Kier alpha value is -1.78. The van der Waals surface area contributed by atoms with Gasteiger partial charge in [-0.05, 0) is 12.5 Å². The normalized spacial score (nSPS) is 10.8. The van der Waals surface area contributed by atoms with E-state index < -0.39 is 0 Å². The van der Waals surface area contributed by atoms with Crippen molar-refractivity contribution in [2.45, 2.75) is 6.92 Å². The molecule has 0 saturated carbocycles. The molecule has 2 heterocycles. The van der Waals surface area contributed by atoms with Gasteiger partial charge in [0.05, 0.1) is 5.39 Å². The fourth-order valence-corrected chi connectivity index (χ4v) is 1.61. The third kappa shape index (κ3) is 1.09. The summed E-state index contributed by atoms with van der Waals surface area (Å²) in [6.07, 6.45) is 1.90. The molecule has 0 atom stereocenters. The minimum atomic E-state index is -0.0996. The number of fused-ring (bicyclic) bond motifs is 1. The number of H-pyrrole nitrogens is 1. The van der Waals surface area contributed by atoms with E-state index in [-0.39, 0.29) is 5.56 Å². The summed E-state index contributed by atoms with van der Waals surface area (Å²) < 4.78 is 1.85. The molecule has 0 spiro atoms. The molecule has 0 fully saturated rings. The van der Waals surface area contributed by atoms with Crippen LogP contribution in [-0.2, 0) is 7.05 Å². The molecule has 5 heteroatoms. The molecular formula is C9H12N4O. The van der Waals surface area contributed by atoms with Gasteiger partial charge in [0.2, 0.25) is 5.95 Å². The second-order valence-corrected chi connectivity index (χ2v) is 3.29. The van der Waals surface area contributed by atoms with Gasteiger partial charge < -0.3 is 9.88 Å². The van der Waals surface area contributed by atoms with Crippen LogP contribution in [0.5, 0.6) is 0 Å². The van der Waals surface area contributed by atoms with Crippen molar-refractivity contribution in [1.29, 1.82) is 0 Å². The van der Waals surface area contributed by atoms with E-state index in [1.165, 1.54) is 0 Å². The van der Waals surface area contributed by atoms with Crippen LogP contribution < -0.4 is 10.9 Å². The number of rotatable bonds is 1. The summed E-state index contributed by atoms with van der Waals surface area (Å²) in [6, 6.07) is 0. The third-order valence-corrected chi connectivity index (χ3v) is 2.25. The van der Waals surface area contributed by atoms with Gasteiger partial charge in [-0.3, -0.25) is 9.78 Å². The number of aryl methyl sites for hydroxylation is 2. The van der Waals surface area contributed by atoms with Crippen molar-refractivity contribution >= 4 is 17.0 Å². The molecule has 0 amide bonds. The molecule has 0 saturated heterocycles. The van der Waals surface area contributed by atoms with E-state index in [0.29, 0.717) is 17.0 Å². The van der Waals surface area contributed by atoms with Crippen molar-refractivity contribution in [3.63, 3.8) is 0 Å². The second-order valence-electron chi connectivity index (χ2n) is 3.29. The van der Waals surface area contributed by atoms with Crippen molar-refractivity contribution < 1.29 is 0 Å². The SMILES string of the molecule is CNc1nc2c(c(C)cn2C)c(=O)[nH]1. The first-order valence-corrected chi connectivity index (χ1v) is 4.37. The van der Waals surface area contributed by atoms with E-state index in [2.05, 4.69) is 15.3 Å². The molecule has 0 aliphatic rings. The van der Waals surface area contributed by atoms with Crippen molar-refractivity contribution in [3.8, 4) is 0 Å². The van der Waals surface area contributed by atoms with Crippen LogP contribution in [0.25, 0.3) is 11.0 Å². The molecule has 0 unspecified atom stereocenters. The largest absolute Gasteiger partial charge is 0.359 e. The highest BCUT2D eigenvalue weighted by atomic mass is 16.1. The van der Waals surface area contributed by atoms with Gasteiger partial charge in [0.1, 0.15) is 5.65 Å². The highest BCUT2D eigenvalue weighted by Crippen LogP contribution is 2.14. The van der Waals surface area contributed by atoms with E-state index in [1.807, 2.05) is 24.7 Å². The summed E-state index contributed by atoms with van der Waals surface area (Å²) in [7, 11) is 3.60. The molecule has 0 radical (unpaired) electrons. The van der Waals surface area contributed by atoms with Crippen molar-refractivity contribution in [2.75, 3.05) is 12.4 Å². The highest BCUT2D eigenvalue weighted by Gasteiger charge is 2.09. The first-order valence-electron chi connectivity index (χ1n) is 4.37. The molecule has 2 aromatic rings. The quantitative estimate of drug-likeness (QED) is 0.696. The number of hydrogen-bond donors (Lipinski definition) is 2. The first kappa shape index (κ1) is 8.80. The average Bonchev–Trinajstić information content (AvgIpc) is 2.42. The maximum absolute atomic E-state index is 11.6. The van der Waals surface area contributed by atoms with Gasteiger partial charge in [0, 0.05) is 20.3 Å². The molecule has 0 aliphatic heterocycles. The summed E-state index contributed by atoms with van der Waals surface area (Å²) in [6.45, 7) is 1.90. The number of aromatic amines is 1. The molecule has 2 N–H and O–H groups in total. The zero-order valence-electron chi connectivity index (χ0n) is 8.38. The minimum Gasteiger partial charge on any atom is -0.359 e. The summed E-state index contributed by atoms with van der Waals surface area (Å²) in [5, 5.41) is 3.48. The van der Waals surface area contributed by atoms with Gasteiger partial charge in [-0.15, -0.1) is 0 Å². The van der Waals surface area contributed by atoms with Crippen LogP contribution in [0.15, 0.2) is 11.0 Å². The summed E-state index contributed by atoms with van der Waals surface area (Å²) >= 11 is 0. The van der Waals surface area contributed by atoms with Gasteiger partial charge in [-0.1, -0.05) is 0 Å². The van der Waals surface area contributed by atoms with Crippen molar-refractivity contribution in [2.24, 2.45) is 7.05 Å². The van der Waals surface area contributed by atoms with Gasteiger partial charge in [0.15, 0.2) is 0 Å². The number of anilines is 1. The van der Waals surface area contributed by atoms with Gasteiger partial charge in [-0.2, -0.15) is 4.98 Å². The van der Waals surface area contributed by atoms with Crippen LogP contribution in [0.1, 0.15) is 5.56 Å². The van der Waals surface area contributed by atoms with Crippen molar-refractivity contribution in [3.05, 3.63) is 22.1 Å². The zero-order chi connectivity index (χ0) is 10.3. The van der Waals surface area contributed by atoms with Crippen LogP contribution in [-0.4, -0.2) is 21.6 Å². The maximum atomic E-state index is 11.6. The number of nitrogens with one attached hydrogen (secondary N) is 2. The van der Waals surface area contributed by atoms with Crippen LogP contribution in [0.4, 0.5) is 5.95 Å². The van der Waals surface area contributed by atoms with Crippen molar-refractivity contribution in [1.82, 2.24) is 14.5 Å². The van der Waals surface area contributed by atoms with E-state index in [0.717, 1.165) is 5.56 Å². The van der Waals surface area contributed by atoms with E-state index >= 15 is 0 Å². The Morgan fingerprint density at radius 2 is 2.29 bits per heavy atom. The van der Waals surface area contributed by atoms with Gasteiger partial charge in [0.25, 0.3) is 5.56 Å². The summed E-state index contributed by atoms with van der Waals surface area (Å²) in [5.41, 5.74) is 1.55. The predicted octanol–water partition coefficient (Wildman–Crippen LogP) is 0.612. The van der Waals surface area contributed by atoms with Crippen LogP contribution in [0.2, 0.25) is 0 Å². The zero-order valence-corrected chi connectivity index (χ0v) is 8.38. The molecule has 0 bridgehead atoms. The van der Waals surface area contributed by atoms with Crippen LogP contribution in [0, 0.1) is 6.92 Å². The molecule has 5 nitrogen and oxygen atoms in total. The molecule has 0 aliphatic carbocycles. The Labute approximate surface area is 80.8 Å². The molecule has 14 heavy (non-hydrogen) atoms. The molecular weight excluding hydrogens is 180 g/mol. The third-order valence-electron chi connectivity index (χ3n) is 2.25. The monoisotopic (exact) mass is 192 g/mol. The lowest BCUT2D eigenvalue weighted by molar-refractivity contribution is 0.939. The Bertz CT molecular complexity index is 537. The lowest BCUT2D eigenvalue weighted by atomic mass is 10.3. The fourth-order valence-electron chi connectivity index (χ4n) is 1.61. The Morgan fingerprint density at radius 1 is 1.57 bits per heavy atom. The lowest BCUT2D eigenvalue weighted by Gasteiger charge is -1.99. The van der Waals surface area contributed by atoms with Crippen LogP contribution in [0.3, 0.4) is 0 Å². The number of aromatic nitrogens is 3. The Kier molecular flexibility index (Phi) is 1.80. The van der Waals surface area contributed by atoms with E-state index in [4.69, 9.17) is 0 Å². The predicted molar refractivity (Wildman–Crippen MR) is 55.6 cm³/mol. The molecule has 0 aromatic carbocycles. The summed E-state index contributed by atoms with van der Waals surface area (Å²) in [4.78, 5) is 18.6. The van der Waals surface area contributed by atoms with E-state index in [9.17, 15) is 4.79 Å². The summed E-state index contributed by atoms with van der Waals surface area (Å²) in [5.74, 6) is 0.490. The average molecular weight is 192 g/mol. The van der Waals surface area contributed by atoms with Gasteiger partial charge >= 0.3 is 0 Å². The molecule has 2 rings (SSSR count). The minimum absolute atomic E-state index is 0.0996. The highest BCUT2D eigenvalue weighted by molar-refractivity contribution is 5.80.